The van der Waals surface area contributed by atoms with E-state index in [9.17, 15) is 19.2 Å². The van der Waals surface area contributed by atoms with Crippen LogP contribution in [0.1, 0.15) is 41.0 Å². The zero-order valence-corrected chi connectivity index (χ0v) is 16.7. The Bertz CT molecular complexity index is 1030. The Kier molecular flexibility index (Phi) is 4.99. The van der Waals surface area contributed by atoms with Gasteiger partial charge in [0.2, 0.25) is 5.91 Å². The van der Waals surface area contributed by atoms with Crippen LogP contribution in [0.15, 0.2) is 42.5 Å². The fraction of sp³-hybridized carbons (Fsp3) is 0.273. The van der Waals surface area contributed by atoms with Gasteiger partial charge in [0, 0.05) is 12.2 Å². The summed E-state index contributed by atoms with van der Waals surface area (Å²) in [5.41, 5.74) is 1.62. The Morgan fingerprint density at radius 3 is 2.33 bits per heavy atom. The first-order valence-corrected chi connectivity index (χ1v) is 9.78. The van der Waals surface area contributed by atoms with E-state index in [1.165, 1.54) is 0 Å². The van der Waals surface area contributed by atoms with Crippen LogP contribution in [0.5, 0.6) is 5.75 Å². The summed E-state index contributed by atoms with van der Waals surface area (Å²) in [6.07, 6.45) is 0.201. The summed E-state index contributed by atoms with van der Waals surface area (Å²) in [7, 11) is 0. The van der Waals surface area contributed by atoms with E-state index >= 15 is 0 Å². The van der Waals surface area contributed by atoms with Crippen LogP contribution in [0.4, 0.5) is 11.4 Å². The van der Waals surface area contributed by atoms with E-state index in [1.54, 1.807) is 54.3 Å². The maximum absolute atomic E-state index is 12.5. The minimum atomic E-state index is -0.571. The molecule has 154 valence electrons. The van der Waals surface area contributed by atoms with E-state index in [1.807, 2.05) is 6.92 Å². The molecule has 0 radical (unpaired) electrons. The molecule has 30 heavy (non-hydrogen) atoms. The predicted octanol–water partition coefficient (Wildman–Crippen LogP) is 2.45. The van der Waals surface area contributed by atoms with Gasteiger partial charge in [-0.25, -0.2) is 0 Å². The van der Waals surface area contributed by atoms with Crippen LogP contribution in [0, 0.1) is 0 Å². The SMILES string of the molecule is CCCN1C(=O)C(C)Oc2ccc(NC(=O)CN3C(=O)c4ccccc4C3=O)cc21. The molecule has 4 amide bonds. The summed E-state index contributed by atoms with van der Waals surface area (Å²) in [5.74, 6) is -1.06. The first-order chi connectivity index (χ1) is 14.4. The van der Waals surface area contributed by atoms with Crippen molar-refractivity contribution in [2.75, 3.05) is 23.3 Å². The van der Waals surface area contributed by atoms with Crippen LogP contribution in [-0.2, 0) is 9.59 Å². The first kappa shape index (κ1) is 19.6. The van der Waals surface area contributed by atoms with Crippen LogP contribution < -0.4 is 15.0 Å². The van der Waals surface area contributed by atoms with Crippen LogP contribution in [0.25, 0.3) is 0 Å². The van der Waals surface area contributed by atoms with Gasteiger partial charge < -0.3 is 15.0 Å². The van der Waals surface area contributed by atoms with Crippen LogP contribution in [-0.4, -0.2) is 47.7 Å². The molecule has 2 aromatic rings. The lowest BCUT2D eigenvalue weighted by Crippen LogP contribution is -2.44. The van der Waals surface area contributed by atoms with Crippen molar-refractivity contribution in [3.05, 3.63) is 53.6 Å². The summed E-state index contributed by atoms with van der Waals surface area (Å²) < 4.78 is 5.65. The molecule has 1 atom stereocenters. The van der Waals surface area contributed by atoms with Crippen LogP contribution >= 0.6 is 0 Å². The maximum Gasteiger partial charge on any atom is 0.267 e. The second-order valence-electron chi connectivity index (χ2n) is 7.22. The highest BCUT2D eigenvalue weighted by molar-refractivity contribution is 6.22. The molecular weight excluding hydrogens is 386 g/mol. The van der Waals surface area contributed by atoms with Gasteiger partial charge in [-0.05, 0) is 43.7 Å². The number of hydrogen-bond acceptors (Lipinski definition) is 5. The monoisotopic (exact) mass is 407 g/mol. The summed E-state index contributed by atoms with van der Waals surface area (Å²) in [5, 5.41) is 2.70. The number of carbonyl (C=O) groups is 4. The minimum Gasteiger partial charge on any atom is -0.479 e. The summed E-state index contributed by atoms with van der Waals surface area (Å²) in [4.78, 5) is 52.4. The summed E-state index contributed by atoms with van der Waals surface area (Å²) in [6.45, 7) is 3.81. The normalized spacial score (nSPS) is 17.5. The third-order valence-electron chi connectivity index (χ3n) is 5.08. The minimum absolute atomic E-state index is 0.140. The number of benzene rings is 2. The van der Waals surface area contributed by atoms with Crippen molar-refractivity contribution in [1.29, 1.82) is 0 Å². The van der Waals surface area contributed by atoms with Crippen molar-refractivity contribution in [2.24, 2.45) is 0 Å². The van der Waals surface area contributed by atoms with Crippen molar-refractivity contribution in [1.82, 2.24) is 4.90 Å². The second kappa shape index (κ2) is 7.62. The molecule has 0 spiro atoms. The highest BCUT2D eigenvalue weighted by Crippen LogP contribution is 2.36. The molecule has 0 fully saturated rings. The average Bonchev–Trinajstić information content (AvgIpc) is 2.97. The molecule has 2 aliphatic heterocycles. The number of carbonyl (C=O) groups excluding carboxylic acids is 4. The molecule has 0 aromatic heterocycles. The average molecular weight is 407 g/mol. The number of ether oxygens (including phenoxy) is 1. The number of rotatable bonds is 5. The van der Waals surface area contributed by atoms with Crippen LogP contribution in [0.2, 0.25) is 0 Å². The van der Waals surface area contributed by atoms with Crippen molar-refractivity contribution < 1.29 is 23.9 Å². The number of hydrogen-bond donors (Lipinski definition) is 1. The fourth-order valence-corrected chi connectivity index (χ4v) is 3.67. The zero-order chi connectivity index (χ0) is 21.4. The smallest absolute Gasteiger partial charge is 0.267 e. The zero-order valence-electron chi connectivity index (χ0n) is 16.7. The fourth-order valence-electron chi connectivity index (χ4n) is 3.67. The number of nitrogens with one attached hydrogen (secondary N) is 1. The van der Waals surface area contributed by atoms with Gasteiger partial charge in [0.15, 0.2) is 6.10 Å². The van der Waals surface area contributed by atoms with Crippen molar-refractivity contribution >= 4 is 35.0 Å². The van der Waals surface area contributed by atoms with Gasteiger partial charge in [-0.15, -0.1) is 0 Å². The van der Waals surface area contributed by atoms with E-state index in [2.05, 4.69) is 5.32 Å². The number of amides is 4. The molecule has 0 saturated heterocycles. The Balaban J connectivity index is 1.50. The van der Waals surface area contributed by atoms with E-state index in [0.29, 0.717) is 34.8 Å². The molecule has 2 heterocycles. The molecule has 0 bridgehead atoms. The quantitative estimate of drug-likeness (QED) is 0.768. The Morgan fingerprint density at radius 2 is 1.70 bits per heavy atom. The molecule has 0 saturated carbocycles. The second-order valence-corrected chi connectivity index (χ2v) is 7.22. The maximum atomic E-state index is 12.5. The van der Waals surface area contributed by atoms with Gasteiger partial charge in [0.05, 0.1) is 16.8 Å². The highest BCUT2D eigenvalue weighted by Gasteiger charge is 2.36. The van der Waals surface area contributed by atoms with Crippen molar-refractivity contribution in [3.8, 4) is 5.75 Å². The summed E-state index contributed by atoms with van der Waals surface area (Å²) in [6, 6.07) is 11.5. The van der Waals surface area contributed by atoms with Crippen molar-refractivity contribution in [2.45, 2.75) is 26.4 Å². The highest BCUT2D eigenvalue weighted by atomic mass is 16.5. The van der Waals surface area contributed by atoms with E-state index in [-0.39, 0.29) is 5.91 Å². The standard InChI is InChI=1S/C22H21N3O5/c1-3-10-24-17-11-14(8-9-18(17)30-13(2)20(24)27)23-19(26)12-25-21(28)15-6-4-5-7-16(15)22(25)29/h4-9,11,13H,3,10,12H2,1-2H3,(H,23,26). The lowest BCUT2D eigenvalue weighted by atomic mass is 10.1. The molecule has 4 rings (SSSR count). The lowest BCUT2D eigenvalue weighted by Gasteiger charge is -2.33. The van der Waals surface area contributed by atoms with E-state index in [0.717, 1.165) is 11.3 Å². The Morgan fingerprint density at radius 1 is 1.03 bits per heavy atom. The Labute approximate surface area is 173 Å². The predicted molar refractivity (Wildman–Crippen MR) is 110 cm³/mol. The third kappa shape index (κ3) is 3.30. The van der Waals surface area contributed by atoms with E-state index < -0.39 is 30.4 Å². The Hall–Kier alpha value is -3.68. The van der Waals surface area contributed by atoms with Crippen LogP contribution in [0.3, 0.4) is 0 Å². The topological polar surface area (TPSA) is 96.0 Å². The largest absolute Gasteiger partial charge is 0.479 e. The first-order valence-electron chi connectivity index (χ1n) is 9.78. The molecule has 8 nitrogen and oxygen atoms in total. The van der Waals surface area contributed by atoms with E-state index in [4.69, 9.17) is 4.74 Å². The number of anilines is 2. The van der Waals surface area contributed by atoms with Gasteiger partial charge in [-0.2, -0.15) is 0 Å². The molecule has 2 aliphatic rings. The molecule has 0 aliphatic carbocycles. The molecule has 1 N–H and O–H groups in total. The number of nitrogens with zero attached hydrogens (tertiary/aromatic N) is 2. The van der Waals surface area contributed by atoms with Gasteiger partial charge in [-0.3, -0.25) is 24.1 Å². The summed E-state index contributed by atoms with van der Waals surface area (Å²) >= 11 is 0. The van der Waals surface area contributed by atoms with Gasteiger partial charge in [-0.1, -0.05) is 19.1 Å². The van der Waals surface area contributed by atoms with Gasteiger partial charge in [0.25, 0.3) is 17.7 Å². The third-order valence-corrected chi connectivity index (χ3v) is 5.08. The number of fused-ring (bicyclic) bond motifs is 2. The molecule has 8 heteroatoms. The lowest BCUT2D eigenvalue weighted by molar-refractivity contribution is -0.125. The van der Waals surface area contributed by atoms with Gasteiger partial charge in [0.1, 0.15) is 12.3 Å². The molecule has 2 aromatic carbocycles. The van der Waals surface area contributed by atoms with Crippen molar-refractivity contribution in [3.63, 3.8) is 0 Å². The molecule has 1 unspecified atom stereocenters. The van der Waals surface area contributed by atoms with Gasteiger partial charge >= 0.3 is 0 Å². The molecular formula is C22H21N3O5. The number of imide groups is 1.